The third-order valence-corrected chi connectivity index (χ3v) is 3.21. The molecule has 5 heteroatoms. The monoisotopic (exact) mass is 262 g/mol. The SMILES string of the molecule is O=C(CCCO)Nc1cccc(-c2nccs2)c1. The Bertz CT molecular complexity index is 511. The van der Waals surface area contributed by atoms with Gasteiger partial charge in [-0.2, -0.15) is 0 Å². The Labute approximate surface area is 109 Å². The Morgan fingerprint density at radius 2 is 2.33 bits per heavy atom. The summed E-state index contributed by atoms with van der Waals surface area (Å²) in [5.74, 6) is -0.0830. The number of nitrogens with one attached hydrogen (secondary N) is 1. The molecule has 0 aliphatic heterocycles. The second-order valence-electron chi connectivity index (χ2n) is 3.79. The predicted octanol–water partition coefficient (Wildman–Crippen LogP) is 2.52. The second kappa shape index (κ2) is 6.28. The second-order valence-corrected chi connectivity index (χ2v) is 4.69. The normalized spacial score (nSPS) is 10.3. The van der Waals surface area contributed by atoms with E-state index in [0.29, 0.717) is 12.8 Å². The van der Waals surface area contributed by atoms with E-state index in [2.05, 4.69) is 10.3 Å². The molecule has 1 aromatic carbocycles. The molecule has 1 heterocycles. The molecule has 0 bridgehead atoms. The summed E-state index contributed by atoms with van der Waals surface area (Å²) in [7, 11) is 0. The maximum absolute atomic E-state index is 11.5. The lowest BCUT2D eigenvalue weighted by Crippen LogP contribution is -2.11. The van der Waals surface area contributed by atoms with Crippen molar-refractivity contribution in [3.8, 4) is 10.6 Å². The molecule has 1 aromatic heterocycles. The smallest absolute Gasteiger partial charge is 0.224 e. The first kappa shape index (κ1) is 12.7. The maximum Gasteiger partial charge on any atom is 0.224 e. The zero-order chi connectivity index (χ0) is 12.8. The van der Waals surface area contributed by atoms with Gasteiger partial charge in [-0.3, -0.25) is 4.79 Å². The first-order chi connectivity index (χ1) is 8.79. The molecule has 94 valence electrons. The number of anilines is 1. The van der Waals surface area contributed by atoms with Crippen molar-refractivity contribution in [3.63, 3.8) is 0 Å². The van der Waals surface area contributed by atoms with Gasteiger partial charge in [-0.15, -0.1) is 11.3 Å². The van der Waals surface area contributed by atoms with Crippen LogP contribution in [0.25, 0.3) is 10.6 Å². The Hall–Kier alpha value is -1.72. The zero-order valence-corrected chi connectivity index (χ0v) is 10.6. The van der Waals surface area contributed by atoms with Gasteiger partial charge in [-0.25, -0.2) is 4.98 Å². The molecule has 2 aromatic rings. The summed E-state index contributed by atoms with van der Waals surface area (Å²) in [6, 6.07) is 7.59. The van der Waals surface area contributed by atoms with Crippen LogP contribution in [0, 0.1) is 0 Å². The number of carbonyl (C=O) groups excluding carboxylic acids is 1. The zero-order valence-electron chi connectivity index (χ0n) is 9.80. The highest BCUT2D eigenvalue weighted by Gasteiger charge is 2.04. The van der Waals surface area contributed by atoms with Crippen LogP contribution in [0.5, 0.6) is 0 Å². The van der Waals surface area contributed by atoms with Gasteiger partial charge < -0.3 is 10.4 Å². The molecule has 2 N–H and O–H groups in total. The number of nitrogens with zero attached hydrogens (tertiary/aromatic N) is 1. The molecule has 0 fully saturated rings. The number of carbonyl (C=O) groups is 1. The summed E-state index contributed by atoms with van der Waals surface area (Å²) in [5, 5.41) is 14.3. The minimum Gasteiger partial charge on any atom is -0.396 e. The molecule has 1 amide bonds. The molecule has 4 nitrogen and oxygen atoms in total. The molecular weight excluding hydrogens is 248 g/mol. The molecule has 2 rings (SSSR count). The Kier molecular flexibility index (Phi) is 4.44. The van der Waals surface area contributed by atoms with E-state index in [1.54, 1.807) is 17.5 Å². The summed E-state index contributed by atoms with van der Waals surface area (Å²) in [5.41, 5.74) is 1.75. The number of hydrogen-bond acceptors (Lipinski definition) is 4. The minimum absolute atomic E-state index is 0.0343. The first-order valence-corrected chi connectivity index (χ1v) is 6.58. The van der Waals surface area contributed by atoms with Gasteiger partial charge in [0, 0.05) is 35.9 Å². The first-order valence-electron chi connectivity index (χ1n) is 5.70. The van der Waals surface area contributed by atoms with E-state index in [0.717, 1.165) is 16.3 Å². The third-order valence-electron chi connectivity index (χ3n) is 2.39. The van der Waals surface area contributed by atoms with Crippen LogP contribution in [-0.4, -0.2) is 22.6 Å². The Morgan fingerprint density at radius 3 is 3.06 bits per heavy atom. The number of aliphatic hydroxyl groups excluding tert-OH is 1. The fourth-order valence-corrected chi connectivity index (χ4v) is 2.19. The molecule has 0 saturated carbocycles. The van der Waals surface area contributed by atoms with Gasteiger partial charge in [0.15, 0.2) is 0 Å². The van der Waals surface area contributed by atoms with Gasteiger partial charge >= 0.3 is 0 Å². The van der Waals surface area contributed by atoms with Gasteiger partial charge in [-0.1, -0.05) is 12.1 Å². The van der Waals surface area contributed by atoms with Crippen LogP contribution in [0.2, 0.25) is 0 Å². The molecule has 0 aliphatic rings. The van der Waals surface area contributed by atoms with Crippen molar-refractivity contribution in [1.82, 2.24) is 4.98 Å². The quantitative estimate of drug-likeness (QED) is 0.870. The van der Waals surface area contributed by atoms with Crippen molar-refractivity contribution in [2.75, 3.05) is 11.9 Å². The number of benzene rings is 1. The standard InChI is InChI=1S/C13H14N2O2S/c16-7-2-5-12(17)15-11-4-1-3-10(9-11)13-14-6-8-18-13/h1,3-4,6,8-9,16H,2,5,7H2,(H,15,17). The maximum atomic E-state index is 11.5. The summed E-state index contributed by atoms with van der Waals surface area (Å²) in [6.45, 7) is 0.0343. The molecule has 0 atom stereocenters. The van der Waals surface area contributed by atoms with Crippen molar-refractivity contribution in [2.24, 2.45) is 0 Å². The van der Waals surface area contributed by atoms with Gasteiger partial charge in [0.25, 0.3) is 0 Å². The molecule has 0 unspecified atom stereocenters. The van der Waals surface area contributed by atoms with Crippen LogP contribution in [0.4, 0.5) is 5.69 Å². The predicted molar refractivity (Wildman–Crippen MR) is 72.5 cm³/mol. The van der Waals surface area contributed by atoms with Gasteiger partial charge in [0.2, 0.25) is 5.91 Å². The lowest BCUT2D eigenvalue weighted by Gasteiger charge is -2.05. The number of thiazole rings is 1. The molecule has 0 aliphatic carbocycles. The van der Waals surface area contributed by atoms with Crippen molar-refractivity contribution in [3.05, 3.63) is 35.8 Å². The lowest BCUT2D eigenvalue weighted by atomic mass is 10.2. The van der Waals surface area contributed by atoms with E-state index in [9.17, 15) is 4.79 Å². The number of aliphatic hydroxyl groups is 1. The van der Waals surface area contributed by atoms with Crippen LogP contribution < -0.4 is 5.32 Å². The van der Waals surface area contributed by atoms with Crippen LogP contribution in [0.3, 0.4) is 0 Å². The molecule has 18 heavy (non-hydrogen) atoms. The summed E-state index contributed by atoms with van der Waals surface area (Å²) < 4.78 is 0. The topological polar surface area (TPSA) is 62.2 Å². The van der Waals surface area contributed by atoms with Crippen molar-refractivity contribution in [1.29, 1.82) is 0 Å². The fourth-order valence-electron chi connectivity index (χ4n) is 1.56. The van der Waals surface area contributed by atoms with E-state index in [4.69, 9.17) is 5.11 Å². The lowest BCUT2D eigenvalue weighted by molar-refractivity contribution is -0.116. The van der Waals surface area contributed by atoms with Gasteiger partial charge in [0.05, 0.1) is 0 Å². The largest absolute Gasteiger partial charge is 0.396 e. The van der Waals surface area contributed by atoms with Crippen LogP contribution in [0.15, 0.2) is 35.8 Å². The highest BCUT2D eigenvalue weighted by molar-refractivity contribution is 7.13. The van der Waals surface area contributed by atoms with Gasteiger partial charge in [-0.05, 0) is 18.6 Å². The van der Waals surface area contributed by atoms with Crippen LogP contribution >= 0.6 is 11.3 Å². The summed E-state index contributed by atoms with van der Waals surface area (Å²) in [6.07, 6.45) is 2.57. The van der Waals surface area contributed by atoms with Crippen LogP contribution in [0.1, 0.15) is 12.8 Å². The van der Waals surface area contributed by atoms with Crippen molar-refractivity contribution in [2.45, 2.75) is 12.8 Å². The number of hydrogen-bond donors (Lipinski definition) is 2. The average Bonchev–Trinajstić information content (AvgIpc) is 2.90. The minimum atomic E-state index is -0.0830. The summed E-state index contributed by atoms with van der Waals surface area (Å²) in [4.78, 5) is 15.8. The van der Waals surface area contributed by atoms with Crippen LogP contribution in [-0.2, 0) is 4.79 Å². The van der Waals surface area contributed by atoms with E-state index < -0.39 is 0 Å². The Balaban J connectivity index is 2.06. The van der Waals surface area contributed by atoms with Gasteiger partial charge in [0.1, 0.15) is 5.01 Å². The highest BCUT2D eigenvalue weighted by atomic mass is 32.1. The highest BCUT2D eigenvalue weighted by Crippen LogP contribution is 2.24. The van der Waals surface area contributed by atoms with E-state index in [1.165, 1.54) is 0 Å². The number of aromatic nitrogens is 1. The average molecular weight is 262 g/mol. The van der Waals surface area contributed by atoms with Crippen molar-refractivity contribution >= 4 is 22.9 Å². The molecule has 0 saturated heterocycles. The fraction of sp³-hybridized carbons (Fsp3) is 0.231. The van der Waals surface area contributed by atoms with E-state index >= 15 is 0 Å². The molecule has 0 radical (unpaired) electrons. The number of amides is 1. The van der Waals surface area contributed by atoms with E-state index in [1.807, 2.05) is 29.6 Å². The molecule has 0 spiro atoms. The number of rotatable bonds is 5. The van der Waals surface area contributed by atoms with Crippen molar-refractivity contribution < 1.29 is 9.90 Å². The summed E-state index contributed by atoms with van der Waals surface area (Å²) >= 11 is 1.56. The third kappa shape index (κ3) is 3.38. The Morgan fingerprint density at radius 1 is 1.44 bits per heavy atom. The molecular formula is C13H14N2O2S. The van der Waals surface area contributed by atoms with E-state index in [-0.39, 0.29) is 12.5 Å².